The highest BCUT2D eigenvalue weighted by Crippen LogP contribution is 2.37. The molecule has 1 aromatic heterocycles. The van der Waals surface area contributed by atoms with Crippen LogP contribution in [0.3, 0.4) is 0 Å². The second kappa shape index (κ2) is 7.23. The third-order valence-corrected chi connectivity index (χ3v) is 5.20. The summed E-state index contributed by atoms with van der Waals surface area (Å²) in [7, 11) is 1.66. The molecule has 1 aliphatic heterocycles. The van der Waals surface area contributed by atoms with Gasteiger partial charge in [0.1, 0.15) is 5.75 Å². The van der Waals surface area contributed by atoms with Gasteiger partial charge in [-0.25, -0.2) is 0 Å². The first-order valence-electron chi connectivity index (χ1n) is 9.15. The Labute approximate surface area is 159 Å². The van der Waals surface area contributed by atoms with Crippen molar-refractivity contribution in [3.8, 4) is 16.9 Å². The van der Waals surface area contributed by atoms with Gasteiger partial charge in [-0.15, -0.1) is 0 Å². The summed E-state index contributed by atoms with van der Waals surface area (Å²) in [6, 6.07) is 20.0. The van der Waals surface area contributed by atoms with E-state index in [0.717, 1.165) is 41.1 Å². The molecule has 4 nitrogen and oxygen atoms in total. The Kier molecular flexibility index (Phi) is 4.63. The van der Waals surface area contributed by atoms with Crippen LogP contribution in [0.5, 0.6) is 5.75 Å². The molecule has 1 atom stereocenters. The van der Waals surface area contributed by atoms with Gasteiger partial charge in [0.2, 0.25) is 0 Å². The highest BCUT2D eigenvalue weighted by atomic mass is 16.5. The largest absolute Gasteiger partial charge is 0.497 e. The van der Waals surface area contributed by atoms with E-state index in [-0.39, 0.29) is 11.9 Å². The van der Waals surface area contributed by atoms with Gasteiger partial charge in [0.15, 0.2) is 0 Å². The molecular formula is C23H22N2O2. The molecule has 0 radical (unpaired) electrons. The minimum atomic E-state index is 0.0403. The molecule has 27 heavy (non-hydrogen) atoms. The van der Waals surface area contributed by atoms with E-state index in [1.807, 2.05) is 66.4 Å². The van der Waals surface area contributed by atoms with Crippen molar-refractivity contribution >= 4 is 5.91 Å². The number of pyridine rings is 1. The van der Waals surface area contributed by atoms with Crippen molar-refractivity contribution in [1.29, 1.82) is 0 Å². The quantitative estimate of drug-likeness (QED) is 0.682. The fraction of sp³-hybridized carbons (Fsp3) is 0.217. The minimum absolute atomic E-state index is 0.0403. The number of carbonyl (C=O) groups is 1. The minimum Gasteiger partial charge on any atom is -0.497 e. The van der Waals surface area contributed by atoms with Crippen molar-refractivity contribution in [3.05, 3.63) is 83.7 Å². The van der Waals surface area contributed by atoms with Gasteiger partial charge in [-0.05, 0) is 48.2 Å². The average molecular weight is 358 g/mol. The van der Waals surface area contributed by atoms with E-state index < -0.39 is 0 Å². The van der Waals surface area contributed by atoms with Gasteiger partial charge in [0.25, 0.3) is 5.91 Å². The maximum atomic E-state index is 13.4. The molecule has 2 aromatic carbocycles. The Morgan fingerprint density at radius 2 is 1.93 bits per heavy atom. The molecule has 1 saturated heterocycles. The fourth-order valence-corrected chi connectivity index (χ4v) is 3.66. The molecule has 4 rings (SSSR count). The van der Waals surface area contributed by atoms with Gasteiger partial charge in [0, 0.05) is 12.7 Å². The van der Waals surface area contributed by atoms with Crippen molar-refractivity contribution in [3.63, 3.8) is 0 Å². The number of nitrogens with zero attached hydrogens (tertiary/aromatic N) is 2. The van der Waals surface area contributed by atoms with Crippen LogP contribution in [0.2, 0.25) is 0 Å². The third kappa shape index (κ3) is 3.19. The summed E-state index contributed by atoms with van der Waals surface area (Å²) in [5.74, 6) is 0.854. The summed E-state index contributed by atoms with van der Waals surface area (Å²) in [4.78, 5) is 19.8. The number of methoxy groups -OCH3 is 1. The van der Waals surface area contributed by atoms with Gasteiger partial charge in [0.05, 0.1) is 24.4 Å². The molecule has 1 aliphatic rings. The van der Waals surface area contributed by atoms with E-state index in [1.54, 1.807) is 13.3 Å². The van der Waals surface area contributed by atoms with Crippen LogP contribution in [0.15, 0.2) is 66.9 Å². The molecule has 3 aromatic rings. The molecule has 0 spiro atoms. The molecule has 2 heterocycles. The number of ether oxygens (including phenoxy) is 1. The van der Waals surface area contributed by atoms with Crippen molar-refractivity contribution in [2.75, 3.05) is 13.7 Å². The van der Waals surface area contributed by atoms with Gasteiger partial charge in [-0.3, -0.25) is 9.78 Å². The molecule has 0 aliphatic carbocycles. The SMILES string of the molecule is COc1cccc([C@@H]2CCN2C(=O)c2c(-c3ccccc3)ccnc2C)c1. The Hall–Kier alpha value is -3.14. The molecule has 0 unspecified atom stereocenters. The number of hydrogen-bond acceptors (Lipinski definition) is 3. The van der Waals surface area contributed by atoms with Crippen molar-refractivity contribution in [1.82, 2.24) is 9.88 Å². The Morgan fingerprint density at radius 1 is 1.11 bits per heavy atom. The first-order valence-corrected chi connectivity index (χ1v) is 9.15. The number of rotatable bonds is 4. The predicted molar refractivity (Wildman–Crippen MR) is 106 cm³/mol. The average Bonchev–Trinajstić information content (AvgIpc) is 2.67. The van der Waals surface area contributed by atoms with Gasteiger partial charge in [-0.1, -0.05) is 42.5 Å². The van der Waals surface area contributed by atoms with E-state index in [4.69, 9.17) is 4.74 Å². The van der Waals surface area contributed by atoms with E-state index >= 15 is 0 Å². The zero-order valence-electron chi connectivity index (χ0n) is 15.6. The monoisotopic (exact) mass is 358 g/mol. The lowest BCUT2D eigenvalue weighted by atomic mass is 9.91. The zero-order chi connectivity index (χ0) is 18.8. The normalized spacial score (nSPS) is 15.9. The summed E-state index contributed by atoms with van der Waals surface area (Å²) in [6.07, 6.45) is 2.73. The number of hydrogen-bond donors (Lipinski definition) is 0. The van der Waals surface area contributed by atoms with E-state index in [1.165, 1.54) is 0 Å². The zero-order valence-corrected chi connectivity index (χ0v) is 15.6. The molecular weight excluding hydrogens is 336 g/mol. The second-order valence-corrected chi connectivity index (χ2v) is 6.76. The van der Waals surface area contributed by atoms with E-state index in [2.05, 4.69) is 11.1 Å². The smallest absolute Gasteiger partial charge is 0.256 e. The van der Waals surface area contributed by atoms with Crippen LogP contribution in [0.4, 0.5) is 0 Å². The van der Waals surface area contributed by atoms with E-state index in [0.29, 0.717) is 5.56 Å². The van der Waals surface area contributed by atoms with E-state index in [9.17, 15) is 4.79 Å². The molecule has 4 heteroatoms. The van der Waals surface area contributed by atoms with Crippen molar-refractivity contribution in [2.45, 2.75) is 19.4 Å². The van der Waals surface area contributed by atoms with Gasteiger partial charge < -0.3 is 9.64 Å². The highest BCUT2D eigenvalue weighted by Gasteiger charge is 2.35. The lowest BCUT2D eigenvalue weighted by Gasteiger charge is -2.42. The lowest BCUT2D eigenvalue weighted by Crippen LogP contribution is -2.45. The van der Waals surface area contributed by atoms with Crippen molar-refractivity contribution in [2.24, 2.45) is 0 Å². The third-order valence-electron chi connectivity index (χ3n) is 5.20. The van der Waals surface area contributed by atoms with Crippen LogP contribution >= 0.6 is 0 Å². The Morgan fingerprint density at radius 3 is 2.63 bits per heavy atom. The summed E-state index contributed by atoms with van der Waals surface area (Å²) >= 11 is 0. The number of likely N-dealkylation sites (tertiary alicyclic amines) is 1. The summed E-state index contributed by atoms with van der Waals surface area (Å²) < 4.78 is 5.34. The number of benzene rings is 2. The number of aryl methyl sites for hydroxylation is 1. The molecule has 0 bridgehead atoms. The molecule has 0 saturated carbocycles. The first-order chi connectivity index (χ1) is 13.2. The van der Waals surface area contributed by atoms with Crippen LogP contribution in [-0.2, 0) is 0 Å². The lowest BCUT2D eigenvalue weighted by molar-refractivity contribution is 0.0459. The van der Waals surface area contributed by atoms with Crippen LogP contribution in [0.25, 0.3) is 11.1 Å². The molecule has 1 amide bonds. The fourth-order valence-electron chi connectivity index (χ4n) is 3.66. The van der Waals surface area contributed by atoms with Crippen LogP contribution in [-0.4, -0.2) is 29.4 Å². The first kappa shape index (κ1) is 17.3. The van der Waals surface area contributed by atoms with Crippen molar-refractivity contribution < 1.29 is 9.53 Å². The number of aromatic nitrogens is 1. The van der Waals surface area contributed by atoms with Crippen LogP contribution in [0, 0.1) is 6.92 Å². The topological polar surface area (TPSA) is 42.4 Å². The number of amides is 1. The highest BCUT2D eigenvalue weighted by molar-refractivity contribution is 6.02. The van der Waals surface area contributed by atoms with Crippen LogP contribution in [0.1, 0.15) is 34.1 Å². The molecule has 1 fully saturated rings. The Balaban J connectivity index is 1.69. The summed E-state index contributed by atoms with van der Waals surface area (Å²) in [6.45, 7) is 2.66. The number of carbonyl (C=O) groups excluding carboxylic acids is 1. The Bertz CT molecular complexity index is 969. The summed E-state index contributed by atoms with van der Waals surface area (Å²) in [5.41, 5.74) is 4.53. The second-order valence-electron chi connectivity index (χ2n) is 6.76. The molecule has 0 N–H and O–H groups in total. The molecule has 136 valence electrons. The summed E-state index contributed by atoms with van der Waals surface area (Å²) in [5, 5.41) is 0. The van der Waals surface area contributed by atoms with Gasteiger partial charge in [-0.2, -0.15) is 0 Å². The maximum absolute atomic E-state index is 13.4. The predicted octanol–water partition coefficient (Wildman–Crippen LogP) is 4.65. The maximum Gasteiger partial charge on any atom is 0.256 e. The standard InChI is InChI=1S/C23H22N2O2/c1-16-22(20(11-13-24-16)17-7-4-3-5-8-17)23(26)25-14-12-21(25)18-9-6-10-19(15-18)27-2/h3-11,13,15,21H,12,14H2,1-2H3/t21-/m0/s1. The van der Waals surface area contributed by atoms with Gasteiger partial charge >= 0.3 is 0 Å². The van der Waals surface area contributed by atoms with Crippen LogP contribution < -0.4 is 4.74 Å².